The van der Waals surface area contributed by atoms with Crippen molar-refractivity contribution in [1.29, 1.82) is 0 Å². The van der Waals surface area contributed by atoms with Crippen molar-refractivity contribution >= 4 is 11.8 Å². The molecular formula is C16H22FN3O2. The van der Waals surface area contributed by atoms with Crippen molar-refractivity contribution in [2.24, 2.45) is 5.92 Å². The Hall–Kier alpha value is -1.95. The smallest absolute Gasteiger partial charge is 0.241 e. The largest absolute Gasteiger partial charge is 0.347 e. The highest BCUT2D eigenvalue weighted by Crippen LogP contribution is 2.15. The van der Waals surface area contributed by atoms with Crippen LogP contribution < -0.4 is 10.6 Å². The Kier molecular flexibility index (Phi) is 5.89. The number of nitrogens with zero attached hydrogens (tertiary/aromatic N) is 1. The molecule has 120 valence electrons. The molecule has 1 aliphatic heterocycles. The first-order valence-corrected chi connectivity index (χ1v) is 7.52. The molecule has 1 aliphatic rings. The maximum absolute atomic E-state index is 13.0. The Labute approximate surface area is 129 Å². The number of rotatable bonds is 6. The Balaban J connectivity index is 1.73. The SMILES string of the molecule is CNCC1CCN(C(=O)CNC(=O)Cc2cccc(F)c2)C1. The van der Waals surface area contributed by atoms with Gasteiger partial charge in [0.15, 0.2) is 0 Å². The van der Waals surface area contributed by atoms with Crippen LogP contribution in [0.2, 0.25) is 0 Å². The Morgan fingerprint density at radius 1 is 1.41 bits per heavy atom. The van der Waals surface area contributed by atoms with Crippen LogP contribution >= 0.6 is 0 Å². The number of carbonyl (C=O) groups is 2. The van der Waals surface area contributed by atoms with Crippen molar-refractivity contribution in [2.75, 3.05) is 33.2 Å². The molecule has 1 aromatic rings. The zero-order chi connectivity index (χ0) is 15.9. The number of halogens is 1. The molecule has 1 saturated heterocycles. The second-order valence-corrected chi connectivity index (χ2v) is 5.64. The minimum atomic E-state index is -0.367. The first-order chi connectivity index (χ1) is 10.6. The van der Waals surface area contributed by atoms with Gasteiger partial charge < -0.3 is 15.5 Å². The fraction of sp³-hybridized carbons (Fsp3) is 0.500. The molecule has 6 heteroatoms. The molecule has 1 unspecified atom stereocenters. The van der Waals surface area contributed by atoms with Gasteiger partial charge in [-0.05, 0) is 43.6 Å². The van der Waals surface area contributed by atoms with E-state index in [-0.39, 0.29) is 30.6 Å². The van der Waals surface area contributed by atoms with Crippen LogP contribution in [0.1, 0.15) is 12.0 Å². The minimum Gasteiger partial charge on any atom is -0.347 e. The van der Waals surface area contributed by atoms with Crippen LogP contribution in [-0.2, 0) is 16.0 Å². The first-order valence-electron chi connectivity index (χ1n) is 7.52. The molecule has 2 amide bonds. The molecule has 5 nitrogen and oxygen atoms in total. The quantitative estimate of drug-likeness (QED) is 0.807. The van der Waals surface area contributed by atoms with Crippen LogP contribution in [0.5, 0.6) is 0 Å². The van der Waals surface area contributed by atoms with E-state index in [0.29, 0.717) is 11.5 Å². The minimum absolute atomic E-state index is 0.000419. The molecule has 0 spiro atoms. The van der Waals surface area contributed by atoms with E-state index in [4.69, 9.17) is 0 Å². The second kappa shape index (κ2) is 7.89. The van der Waals surface area contributed by atoms with Gasteiger partial charge in [-0.1, -0.05) is 12.1 Å². The van der Waals surface area contributed by atoms with E-state index in [2.05, 4.69) is 10.6 Å². The van der Waals surface area contributed by atoms with Gasteiger partial charge >= 0.3 is 0 Å². The van der Waals surface area contributed by atoms with Crippen LogP contribution in [0, 0.1) is 11.7 Å². The molecule has 1 fully saturated rings. The van der Waals surface area contributed by atoms with Gasteiger partial charge in [0.05, 0.1) is 13.0 Å². The molecule has 2 N–H and O–H groups in total. The molecule has 1 heterocycles. The highest BCUT2D eigenvalue weighted by molar-refractivity contribution is 5.85. The summed E-state index contributed by atoms with van der Waals surface area (Å²) in [5, 5.41) is 5.72. The molecule has 0 radical (unpaired) electrons. The van der Waals surface area contributed by atoms with Gasteiger partial charge in [-0.25, -0.2) is 4.39 Å². The molecule has 1 atom stereocenters. The summed E-state index contributed by atoms with van der Waals surface area (Å²) in [6.45, 7) is 2.38. The predicted octanol–water partition coefficient (Wildman–Crippen LogP) is 0.552. The molecule has 0 aliphatic carbocycles. The maximum atomic E-state index is 13.0. The van der Waals surface area contributed by atoms with Gasteiger partial charge in [0.25, 0.3) is 0 Å². The number of hydrogen-bond donors (Lipinski definition) is 2. The normalized spacial score (nSPS) is 17.5. The lowest BCUT2D eigenvalue weighted by atomic mass is 10.1. The molecule has 0 bridgehead atoms. The highest BCUT2D eigenvalue weighted by Gasteiger charge is 2.25. The van der Waals surface area contributed by atoms with E-state index < -0.39 is 0 Å². The van der Waals surface area contributed by atoms with Crippen molar-refractivity contribution < 1.29 is 14.0 Å². The Morgan fingerprint density at radius 3 is 2.95 bits per heavy atom. The van der Waals surface area contributed by atoms with Crippen LogP contribution in [0.3, 0.4) is 0 Å². The molecule has 0 aromatic heterocycles. The van der Waals surface area contributed by atoms with Gasteiger partial charge in [0.1, 0.15) is 5.82 Å². The van der Waals surface area contributed by atoms with E-state index in [1.54, 1.807) is 17.0 Å². The summed E-state index contributed by atoms with van der Waals surface area (Å²) in [4.78, 5) is 25.6. The van der Waals surface area contributed by atoms with Crippen molar-refractivity contribution in [2.45, 2.75) is 12.8 Å². The molecule has 2 rings (SSSR count). The number of likely N-dealkylation sites (tertiary alicyclic amines) is 1. The summed E-state index contributed by atoms with van der Waals surface area (Å²) in [5.74, 6) is -0.220. The molecule has 22 heavy (non-hydrogen) atoms. The lowest BCUT2D eigenvalue weighted by Gasteiger charge is -2.17. The second-order valence-electron chi connectivity index (χ2n) is 5.64. The van der Waals surface area contributed by atoms with Gasteiger partial charge in [-0.2, -0.15) is 0 Å². The topological polar surface area (TPSA) is 61.4 Å². The van der Waals surface area contributed by atoms with Gasteiger partial charge in [0.2, 0.25) is 11.8 Å². The van der Waals surface area contributed by atoms with E-state index in [1.165, 1.54) is 12.1 Å². The van der Waals surface area contributed by atoms with E-state index in [0.717, 1.165) is 26.1 Å². The van der Waals surface area contributed by atoms with Crippen LogP contribution in [0.4, 0.5) is 4.39 Å². The summed E-state index contributed by atoms with van der Waals surface area (Å²) < 4.78 is 13.0. The van der Waals surface area contributed by atoms with E-state index in [9.17, 15) is 14.0 Å². The Morgan fingerprint density at radius 2 is 2.23 bits per heavy atom. The van der Waals surface area contributed by atoms with Crippen molar-refractivity contribution in [3.05, 3.63) is 35.6 Å². The van der Waals surface area contributed by atoms with Gasteiger partial charge in [0, 0.05) is 13.1 Å². The van der Waals surface area contributed by atoms with Crippen LogP contribution in [-0.4, -0.2) is 49.9 Å². The Bertz CT molecular complexity index is 536. The number of nitrogens with one attached hydrogen (secondary N) is 2. The average molecular weight is 307 g/mol. The first kappa shape index (κ1) is 16.4. The maximum Gasteiger partial charge on any atom is 0.241 e. The lowest BCUT2D eigenvalue weighted by molar-refractivity contribution is -0.132. The number of hydrogen-bond acceptors (Lipinski definition) is 3. The third-order valence-corrected chi connectivity index (χ3v) is 3.82. The number of carbonyl (C=O) groups excluding carboxylic acids is 2. The lowest BCUT2D eigenvalue weighted by Crippen LogP contribution is -2.39. The van der Waals surface area contributed by atoms with E-state index >= 15 is 0 Å². The van der Waals surface area contributed by atoms with Crippen molar-refractivity contribution in [3.8, 4) is 0 Å². The fourth-order valence-corrected chi connectivity index (χ4v) is 2.70. The van der Waals surface area contributed by atoms with Gasteiger partial charge in [-0.3, -0.25) is 9.59 Å². The monoisotopic (exact) mass is 307 g/mol. The molecule has 0 saturated carbocycles. The summed E-state index contributed by atoms with van der Waals surface area (Å²) in [6, 6.07) is 5.91. The van der Waals surface area contributed by atoms with E-state index in [1.807, 2.05) is 7.05 Å². The van der Waals surface area contributed by atoms with Crippen LogP contribution in [0.25, 0.3) is 0 Å². The van der Waals surface area contributed by atoms with Crippen LogP contribution in [0.15, 0.2) is 24.3 Å². The number of benzene rings is 1. The summed E-state index contributed by atoms with van der Waals surface area (Å²) in [6.07, 6.45) is 1.07. The fourth-order valence-electron chi connectivity index (χ4n) is 2.70. The summed E-state index contributed by atoms with van der Waals surface area (Å²) in [5.41, 5.74) is 0.597. The zero-order valence-corrected chi connectivity index (χ0v) is 12.8. The third kappa shape index (κ3) is 4.80. The summed E-state index contributed by atoms with van der Waals surface area (Å²) in [7, 11) is 1.90. The highest BCUT2D eigenvalue weighted by atomic mass is 19.1. The predicted molar refractivity (Wildman–Crippen MR) is 81.7 cm³/mol. The standard InChI is InChI=1S/C16H22FN3O2/c1-18-9-13-5-6-20(11-13)16(22)10-19-15(21)8-12-3-2-4-14(17)7-12/h2-4,7,13,18H,5-6,8-11H2,1H3,(H,19,21). The van der Waals surface area contributed by atoms with Gasteiger partial charge in [-0.15, -0.1) is 0 Å². The van der Waals surface area contributed by atoms with Crippen molar-refractivity contribution in [1.82, 2.24) is 15.5 Å². The molecule has 1 aromatic carbocycles. The number of amides is 2. The van der Waals surface area contributed by atoms with Crippen molar-refractivity contribution in [3.63, 3.8) is 0 Å². The summed E-state index contributed by atoms with van der Waals surface area (Å²) >= 11 is 0. The third-order valence-electron chi connectivity index (χ3n) is 3.82. The molecular weight excluding hydrogens is 285 g/mol. The average Bonchev–Trinajstić information content (AvgIpc) is 2.94. The zero-order valence-electron chi connectivity index (χ0n) is 12.8.